The molecule has 109 heavy (non-hydrogen) atoms. The summed E-state index contributed by atoms with van der Waals surface area (Å²) in [5, 5.41) is 34.0. The number of benzene rings is 2. The number of carbonyl (C=O) groups is 16. The van der Waals surface area contributed by atoms with Crippen molar-refractivity contribution >= 4 is 111 Å². The van der Waals surface area contributed by atoms with Gasteiger partial charge in [-0.15, -0.1) is 0 Å². The standard InChI is InChI=1S/C71H104N22O16/c1-36(2)26-49(60(74)99)90-69(108)53(30-42-32-77-35-82-42)86-58(98)34-81-70(109)59(38(5)6)93-61(100)39(7)83-67(106)52(29-41-31-79-44-17-12-11-16-43(41)44)92-66(105)48(20-23-55(73)95)89-68(107)51(28-40-14-9-8-10-15-40)85-57(97)33-80-62(101)50(27-37(3)4)91-63(102)45(18-13-25-78-71(75)76)87-65(104)47(19-22-54(72)94)88-64(103)46-21-24-56(96)84-46/h8-12,14-17,31-32,35-39,45-53,59,79H,13,18-30,33-34H2,1-7H3,(H2,72,94)(H2,73,95)(H2,74,99)(H,77,82)(H,80,101)(H,81,109)(H,83,106)(H,84,96)(H,85,97)(H,86,98)(H,87,104)(H,88,103)(H,89,107)(H,90,108)(H,91,102)(H,92,105)(H,93,100)(H4,75,76,78)/t39-,45-,46-,47-,48-,49-,50-,51+,52-,53-,59-/m0/s1. The van der Waals surface area contributed by atoms with E-state index in [0.29, 0.717) is 27.7 Å². The van der Waals surface area contributed by atoms with Crippen molar-refractivity contribution in [1.82, 2.24) is 84.1 Å². The van der Waals surface area contributed by atoms with Gasteiger partial charge in [0.25, 0.3) is 0 Å². The predicted octanol–water partition coefficient (Wildman–Crippen LogP) is -4.88. The van der Waals surface area contributed by atoms with Crippen LogP contribution in [0.3, 0.4) is 0 Å². The number of primary amides is 3. The second-order valence-electron chi connectivity index (χ2n) is 27.8. The zero-order valence-corrected chi connectivity index (χ0v) is 62.1. The lowest BCUT2D eigenvalue weighted by Gasteiger charge is -2.27. The monoisotopic (exact) mass is 1520 g/mol. The number of aromatic nitrogens is 3. The van der Waals surface area contributed by atoms with Crippen molar-refractivity contribution in [2.45, 2.75) is 198 Å². The van der Waals surface area contributed by atoms with E-state index in [-0.39, 0.29) is 101 Å². The van der Waals surface area contributed by atoms with Gasteiger partial charge >= 0.3 is 0 Å². The van der Waals surface area contributed by atoms with Gasteiger partial charge in [0.05, 0.1) is 19.4 Å². The summed E-state index contributed by atoms with van der Waals surface area (Å²) in [6, 6.07) is 0.451. The average molecular weight is 1520 g/mol. The molecule has 2 aromatic heterocycles. The van der Waals surface area contributed by atoms with Gasteiger partial charge in [-0.25, -0.2) is 4.98 Å². The fourth-order valence-electron chi connectivity index (χ4n) is 11.6. The normalized spacial score (nSPS) is 15.2. The number of H-pyrrole nitrogens is 2. The molecule has 38 heteroatoms. The molecule has 0 aliphatic carbocycles. The topological polar surface area (TPSA) is 616 Å². The molecule has 3 heterocycles. The third kappa shape index (κ3) is 30.4. The highest BCUT2D eigenvalue weighted by Gasteiger charge is 2.37. The van der Waals surface area contributed by atoms with Crippen LogP contribution >= 0.6 is 0 Å². The predicted molar refractivity (Wildman–Crippen MR) is 396 cm³/mol. The molecule has 1 fully saturated rings. The third-order valence-electron chi connectivity index (χ3n) is 17.4. The number of amides is 16. The average Bonchev–Trinajstić information content (AvgIpc) is 1.74. The number of para-hydroxylation sites is 1. The van der Waals surface area contributed by atoms with Crippen molar-refractivity contribution in [3.05, 3.63) is 90.1 Å². The number of carbonyl (C=O) groups excluding carboxylic acids is 16. The van der Waals surface area contributed by atoms with Crippen molar-refractivity contribution in [2.75, 3.05) is 19.6 Å². The second-order valence-corrected chi connectivity index (χ2v) is 27.8. The van der Waals surface area contributed by atoms with Crippen LogP contribution in [0, 0.1) is 17.8 Å². The molecular formula is C71H104N22O16. The smallest absolute Gasteiger partial charge is 0.243 e. The Balaban J connectivity index is 1.32. The minimum atomic E-state index is -1.65. The Morgan fingerprint density at radius 3 is 1.56 bits per heavy atom. The number of fused-ring (bicyclic) bond motifs is 1. The van der Waals surface area contributed by atoms with Crippen LogP contribution < -0.4 is 97.8 Å². The van der Waals surface area contributed by atoms with Crippen molar-refractivity contribution in [2.24, 2.45) is 51.4 Å². The molecule has 0 unspecified atom stereocenters. The summed E-state index contributed by atoms with van der Waals surface area (Å²) in [6.45, 7) is 10.2. The van der Waals surface area contributed by atoms with Crippen LogP contribution in [0.1, 0.15) is 129 Å². The molecule has 16 amide bonds. The van der Waals surface area contributed by atoms with Crippen LogP contribution in [0.4, 0.5) is 0 Å². The number of aromatic amines is 2. The Hall–Kier alpha value is -12.0. The first-order valence-corrected chi connectivity index (χ1v) is 35.9. The van der Waals surface area contributed by atoms with Crippen LogP contribution in [0.25, 0.3) is 10.9 Å². The van der Waals surface area contributed by atoms with Crippen LogP contribution in [-0.2, 0) is 96.0 Å². The van der Waals surface area contributed by atoms with E-state index in [0.717, 1.165) is 0 Å². The first-order valence-electron chi connectivity index (χ1n) is 35.9. The molecule has 0 bridgehead atoms. The van der Waals surface area contributed by atoms with Gasteiger partial charge in [0.2, 0.25) is 94.5 Å². The lowest BCUT2D eigenvalue weighted by atomic mass is 10.0. The molecule has 25 N–H and O–H groups in total. The Labute approximate surface area is 629 Å². The molecule has 38 nitrogen and oxygen atoms in total. The minimum absolute atomic E-state index is 0.00259. The van der Waals surface area contributed by atoms with Gasteiger partial charge in [-0.3, -0.25) is 81.7 Å². The van der Waals surface area contributed by atoms with E-state index in [1.54, 1.807) is 88.5 Å². The van der Waals surface area contributed by atoms with Gasteiger partial charge in [-0.2, -0.15) is 0 Å². The highest BCUT2D eigenvalue weighted by Crippen LogP contribution is 2.21. The molecule has 1 saturated heterocycles. The van der Waals surface area contributed by atoms with Gasteiger partial charge in [0, 0.05) is 74.1 Å². The van der Waals surface area contributed by atoms with Gasteiger partial charge in [-0.1, -0.05) is 90.1 Å². The van der Waals surface area contributed by atoms with Crippen molar-refractivity contribution in [3.8, 4) is 0 Å². The Morgan fingerprint density at radius 2 is 1.02 bits per heavy atom. The summed E-state index contributed by atoms with van der Waals surface area (Å²) in [5.74, 6) is -14.5. The van der Waals surface area contributed by atoms with Gasteiger partial charge in [0.1, 0.15) is 66.5 Å². The van der Waals surface area contributed by atoms with Crippen molar-refractivity contribution in [3.63, 3.8) is 0 Å². The summed E-state index contributed by atoms with van der Waals surface area (Å²) >= 11 is 0. The molecule has 1 aliphatic heterocycles. The SMILES string of the molecule is CC(C)C[C@H](NC(=O)[C@H](Cc1cnc[nH]1)NC(=O)CNC(=O)[C@@H](NC(=O)[C@H](C)NC(=O)[C@H](Cc1c[nH]c2ccccc12)NC(=O)[C@H](CCC(N)=O)NC(=O)[C@@H](Cc1ccccc1)NC(=O)CNC(=O)[C@H](CC(C)C)NC(=O)[C@H](CCCN=C(N)N)NC(=O)[C@H](CCC(N)=O)NC(=O)[C@@H]1CCC(=O)N1)C(C)C)C(N)=O. The number of nitrogens with one attached hydrogen (secondary N) is 15. The third-order valence-corrected chi connectivity index (χ3v) is 17.4. The minimum Gasteiger partial charge on any atom is -0.370 e. The van der Waals surface area contributed by atoms with E-state index in [2.05, 4.69) is 89.1 Å². The number of guanidine groups is 1. The summed E-state index contributed by atoms with van der Waals surface area (Å²) < 4.78 is 0. The number of hydrogen-bond acceptors (Lipinski definition) is 18. The lowest BCUT2D eigenvalue weighted by molar-refractivity contribution is -0.135. The molecular weight excluding hydrogens is 1420 g/mol. The van der Waals surface area contributed by atoms with Crippen molar-refractivity contribution < 1.29 is 76.7 Å². The van der Waals surface area contributed by atoms with Crippen LogP contribution in [0.15, 0.2) is 78.3 Å². The Kier molecular flexibility index (Phi) is 35.0. The summed E-state index contributed by atoms with van der Waals surface area (Å²) in [6.07, 6.45) is 2.69. The fraction of sp³-hybridized carbons (Fsp3) is 0.521. The first kappa shape index (κ1) is 87.6. The van der Waals surface area contributed by atoms with E-state index in [1.165, 1.54) is 19.4 Å². The second kappa shape index (κ2) is 43.6. The van der Waals surface area contributed by atoms with Crippen LogP contribution in [0.5, 0.6) is 0 Å². The quantitative estimate of drug-likeness (QED) is 0.0112. The summed E-state index contributed by atoms with van der Waals surface area (Å²) in [7, 11) is 0. The van der Waals surface area contributed by atoms with E-state index in [9.17, 15) is 76.7 Å². The Bertz CT molecular complexity index is 3880. The van der Waals surface area contributed by atoms with E-state index in [4.69, 9.17) is 28.7 Å². The largest absolute Gasteiger partial charge is 0.370 e. The van der Waals surface area contributed by atoms with Crippen LogP contribution in [0.2, 0.25) is 0 Å². The summed E-state index contributed by atoms with van der Waals surface area (Å²) in [5.41, 5.74) is 29.7. The maximum Gasteiger partial charge on any atom is 0.243 e. The van der Waals surface area contributed by atoms with E-state index < -0.39 is 187 Å². The number of nitrogens with zero attached hydrogens (tertiary/aromatic N) is 2. The number of rotatable bonds is 46. The molecule has 4 aromatic rings. The number of aliphatic imine (C=N–C) groups is 1. The molecule has 11 atom stereocenters. The fourth-order valence-corrected chi connectivity index (χ4v) is 11.6. The zero-order chi connectivity index (χ0) is 80.6. The molecule has 1 aliphatic rings. The molecule has 0 radical (unpaired) electrons. The highest BCUT2D eigenvalue weighted by molar-refractivity contribution is 6.00. The van der Waals surface area contributed by atoms with Gasteiger partial charge < -0.3 is 108 Å². The number of hydrogen-bond donors (Lipinski definition) is 20. The lowest BCUT2D eigenvalue weighted by Crippen LogP contribution is -2.60. The molecule has 5 rings (SSSR count). The van der Waals surface area contributed by atoms with E-state index in [1.807, 2.05) is 13.8 Å². The Morgan fingerprint density at radius 1 is 0.514 bits per heavy atom. The zero-order valence-electron chi connectivity index (χ0n) is 62.1. The molecule has 2 aromatic carbocycles. The van der Waals surface area contributed by atoms with Crippen molar-refractivity contribution in [1.29, 1.82) is 0 Å². The number of imidazole rings is 1. The van der Waals surface area contributed by atoms with E-state index >= 15 is 0 Å². The van der Waals surface area contributed by atoms with Gasteiger partial charge in [0.15, 0.2) is 5.96 Å². The first-order chi connectivity index (χ1) is 51.6. The van der Waals surface area contributed by atoms with Gasteiger partial charge in [-0.05, 0) is 86.8 Å². The number of nitrogens with two attached hydrogens (primary N) is 5. The maximum absolute atomic E-state index is 14.7. The molecule has 594 valence electrons. The molecule has 0 saturated carbocycles. The molecule has 0 spiro atoms. The maximum atomic E-state index is 14.7. The van der Waals surface area contributed by atoms with Crippen LogP contribution in [-0.4, -0.2) is 202 Å². The summed E-state index contributed by atoms with van der Waals surface area (Å²) in [4.78, 5) is 230. The highest BCUT2D eigenvalue weighted by atomic mass is 16.2.